The Morgan fingerprint density at radius 1 is 1.03 bits per heavy atom. The number of carbonyl (C=O) groups excluding carboxylic acids is 1. The van der Waals surface area contributed by atoms with Gasteiger partial charge in [-0.25, -0.2) is 0 Å². The fourth-order valence-corrected chi connectivity index (χ4v) is 4.22. The molecule has 1 aromatic heterocycles. The topological polar surface area (TPSA) is 66.7 Å². The molecule has 0 aliphatic carbocycles. The smallest absolute Gasteiger partial charge is 0.250 e. The summed E-state index contributed by atoms with van der Waals surface area (Å²) in [5, 5.41) is 6.90. The number of thiocarbonyl (C=S) groups is 1. The lowest BCUT2D eigenvalue weighted by atomic mass is 10.2. The molecule has 1 amide bonds. The van der Waals surface area contributed by atoms with Crippen molar-refractivity contribution in [2.75, 3.05) is 31.6 Å². The van der Waals surface area contributed by atoms with Crippen LogP contribution in [0.25, 0.3) is 17.4 Å². The maximum Gasteiger partial charge on any atom is 0.250 e. The zero-order valence-corrected chi connectivity index (χ0v) is 20.6. The average Bonchev–Trinajstić information content (AvgIpc) is 3.28. The molecule has 3 aromatic rings. The second-order valence-electron chi connectivity index (χ2n) is 7.72. The summed E-state index contributed by atoms with van der Waals surface area (Å²) in [6.07, 6.45) is 2.92. The number of benzene rings is 2. The van der Waals surface area contributed by atoms with Crippen molar-refractivity contribution < 1.29 is 13.9 Å². The van der Waals surface area contributed by atoms with Crippen molar-refractivity contribution in [2.45, 2.75) is 6.54 Å². The number of halogens is 2. The first kappa shape index (κ1) is 24.4. The van der Waals surface area contributed by atoms with E-state index in [2.05, 4.69) is 15.5 Å². The summed E-state index contributed by atoms with van der Waals surface area (Å²) in [4.78, 5) is 14.6. The number of carbonyl (C=O) groups is 1. The van der Waals surface area contributed by atoms with Crippen LogP contribution in [-0.4, -0.2) is 42.2 Å². The zero-order chi connectivity index (χ0) is 23.9. The van der Waals surface area contributed by atoms with Crippen LogP contribution in [0.4, 0.5) is 5.69 Å². The van der Waals surface area contributed by atoms with E-state index in [1.807, 2.05) is 24.3 Å². The highest BCUT2D eigenvalue weighted by atomic mass is 35.5. The van der Waals surface area contributed by atoms with Crippen molar-refractivity contribution >= 4 is 58.2 Å². The molecule has 6 nitrogen and oxygen atoms in total. The van der Waals surface area contributed by atoms with Gasteiger partial charge in [0.05, 0.1) is 13.2 Å². The number of amides is 1. The second kappa shape index (κ2) is 11.6. The van der Waals surface area contributed by atoms with Gasteiger partial charge in [0.1, 0.15) is 11.5 Å². The molecule has 34 heavy (non-hydrogen) atoms. The van der Waals surface area contributed by atoms with Crippen molar-refractivity contribution in [1.82, 2.24) is 10.2 Å². The maximum absolute atomic E-state index is 12.2. The predicted octanol–water partition coefficient (Wildman–Crippen LogP) is 5.61. The first-order chi connectivity index (χ1) is 16.4. The molecule has 0 radical (unpaired) electrons. The van der Waals surface area contributed by atoms with E-state index in [1.165, 1.54) is 11.6 Å². The average molecular weight is 516 g/mol. The van der Waals surface area contributed by atoms with Crippen LogP contribution in [0.1, 0.15) is 11.3 Å². The van der Waals surface area contributed by atoms with E-state index in [4.69, 9.17) is 44.6 Å². The van der Waals surface area contributed by atoms with E-state index in [-0.39, 0.29) is 11.0 Å². The molecule has 0 unspecified atom stereocenters. The molecule has 0 bridgehead atoms. The Balaban J connectivity index is 1.27. The van der Waals surface area contributed by atoms with E-state index in [1.54, 1.807) is 36.4 Å². The van der Waals surface area contributed by atoms with E-state index < -0.39 is 0 Å². The van der Waals surface area contributed by atoms with Crippen molar-refractivity contribution in [2.24, 2.45) is 0 Å². The minimum absolute atomic E-state index is 0.212. The molecule has 9 heteroatoms. The predicted molar refractivity (Wildman–Crippen MR) is 140 cm³/mol. The van der Waals surface area contributed by atoms with Crippen LogP contribution >= 0.6 is 35.4 Å². The molecular weight excluding hydrogens is 493 g/mol. The van der Waals surface area contributed by atoms with Gasteiger partial charge < -0.3 is 14.5 Å². The summed E-state index contributed by atoms with van der Waals surface area (Å²) >= 11 is 17.3. The number of hydrogen-bond acceptors (Lipinski definition) is 5. The lowest BCUT2D eigenvalue weighted by Gasteiger charge is -2.26. The molecular formula is C25H23Cl2N3O3S. The summed E-state index contributed by atoms with van der Waals surface area (Å²) in [5.41, 5.74) is 2.77. The maximum atomic E-state index is 12.2. The van der Waals surface area contributed by atoms with Gasteiger partial charge in [-0.2, -0.15) is 0 Å². The van der Waals surface area contributed by atoms with E-state index in [9.17, 15) is 4.79 Å². The minimum Gasteiger partial charge on any atom is -0.457 e. The summed E-state index contributed by atoms with van der Waals surface area (Å²) in [6.45, 7) is 4.32. The molecule has 2 aromatic carbocycles. The van der Waals surface area contributed by atoms with Gasteiger partial charge in [0.2, 0.25) is 5.91 Å². The highest BCUT2D eigenvalue weighted by Gasteiger charge is 2.11. The normalized spacial score (nSPS) is 14.3. The Kier molecular flexibility index (Phi) is 8.37. The van der Waals surface area contributed by atoms with E-state index in [0.29, 0.717) is 21.6 Å². The van der Waals surface area contributed by atoms with Gasteiger partial charge in [-0.15, -0.1) is 0 Å². The van der Waals surface area contributed by atoms with Crippen LogP contribution in [-0.2, 0) is 16.1 Å². The Labute approximate surface area is 213 Å². The third kappa shape index (κ3) is 7.16. The van der Waals surface area contributed by atoms with Crippen molar-refractivity contribution in [1.29, 1.82) is 0 Å². The van der Waals surface area contributed by atoms with Crippen LogP contribution in [0, 0.1) is 0 Å². The standard InChI is InChI=1S/C25H23Cl2N3O3S/c26-19-13-18(14-20(27)15-19)23-7-5-22(33-23)6-8-24(31)29-25(34)28-21-3-1-17(2-4-21)16-30-9-11-32-12-10-30/h1-8,13-15H,9-12,16H2,(H2,28,29,31,34)/b8-6+. The first-order valence-corrected chi connectivity index (χ1v) is 11.9. The second-order valence-corrected chi connectivity index (χ2v) is 9.00. The fraction of sp³-hybridized carbons (Fsp3) is 0.200. The number of hydrogen-bond donors (Lipinski definition) is 2. The highest BCUT2D eigenvalue weighted by molar-refractivity contribution is 7.80. The van der Waals surface area contributed by atoms with Crippen LogP contribution in [0.3, 0.4) is 0 Å². The largest absolute Gasteiger partial charge is 0.457 e. The van der Waals surface area contributed by atoms with Gasteiger partial charge in [-0.05, 0) is 66.3 Å². The SMILES string of the molecule is O=C(/C=C/c1ccc(-c2cc(Cl)cc(Cl)c2)o1)NC(=S)Nc1ccc(CN2CCOCC2)cc1. The van der Waals surface area contributed by atoms with Crippen molar-refractivity contribution in [3.8, 4) is 11.3 Å². The lowest BCUT2D eigenvalue weighted by Crippen LogP contribution is -2.35. The molecule has 1 fully saturated rings. The molecule has 2 N–H and O–H groups in total. The fourth-order valence-electron chi connectivity index (χ4n) is 3.48. The lowest BCUT2D eigenvalue weighted by molar-refractivity contribution is -0.115. The van der Waals surface area contributed by atoms with Gasteiger partial charge >= 0.3 is 0 Å². The van der Waals surface area contributed by atoms with Gasteiger partial charge in [0.15, 0.2) is 5.11 Å². The zero-order valence-electron chi connectivity index (χ0n) is 18.2. The molecule has 2 heterocycles. The summed E-state index contributed by atoms with van der Waals surface area (Å²) < 4.78 is 11.1. The number of nitrogens with one attached hydrogen (secondary N) is 2. The number of nitrogens with zero attached hydrogens (tertiary/aromatic N) is 1. The van der Waals surface area contributed by atoms with Gasteiger partial charge in [-0.1, -0.05) is 35.3 Å². The molecule has 176 valence electrons. The highest BCUT2D eigenvalue weighted by Crippen LogP contribution is 2.28. The Hall–Kier alpha value is -2.68. The van der Waals surface area contributed by atoms with Crippen LogP contribution in [0.2, 0.25) is 10.0 Å². The molecule has 1 aliphatic rings. The van der Waals surface area contributed by atoms with Gasteiger partial charge in [0.25, 0.3) is 0 Å². The third-order valence-electron chi connectivity index (χ3n) is 5.13. The summed E-state index contributed by atoms with van der Waals surface area (Å²) in [7, 11) is 0. The van der Waals surface area contributed by atoms with Gasteiger partial charge in [0, 0.05) is 47.0 Å². The van der Waals surface area contributed by atoms with Crippen molar-refractivity contribution in [3.05, 3.63) is 82.0 Å². The van der Waals surface area contributed by atoms with Crippen LogP contribution < -0.4 is 10.6 Å². The third-order valence-corrected chi connectivity index (χ3v) is 5.77. The molecule has 0 spiro atoms. The van der Waals surface area contributed by atoms with E-state index >= 15 is 0 Å². The molecule has 1 saturated heterocycles. The molecule has 0 saturated carbocycles. The number of ether oxygens (including phenoxy) is 1. The Morgan fingerprint density at radius 2 is 1.74 bits per heavy atom. The number of rotatable bonds is 6. The first-order valence-electron chi connectivity index (χ1n) is 10.7. The quantitative estimate of drug-likeness (QED) is 0.328. The van der Waals surface area contributed by atoms with Gasteiger partial charge in [-0.3, -0.25) is 15.0 Å². The van der Waals surface area contributed by atoms with E-state index in [0.717, 1.165) is 44.1 Å². The van der Waals surface area contributed by atoms with Crippen molar-refractivity contribution in [3.63, 3.8) is 0 Å². The van der Waals surface area contributed by atoms with Crippen LogP contribution in [0.15, 0.2) is 65.1 Å². The summed E-state index contributed by atoms with van der Waals surface area (Å²) in [6, 6.07) is 16.7. The number of anilines is 1. The minimum atomic E-state index is -0.370. The Bertz CT molecular complexity index is 1170. The number of furan rings is 1. The Morgan fingerprint density at radius 3 is 2.44 bits per heavy atom. The monoisotopic (exact) mass is 515 g/mol. The molecule has 1 aliphatic heterocycles. The number of morpholine rings is 1. The molecule has 0 atom stereocenters. The summed E-state index contributed by atoms with van der Waals surface area (Å²) in [5.74, 6) is 0.736. The van der Waals surface area contributed by atoms with Crippen LogP contribution in [0.5, 0.6) is 0 Å². The molecule has 4 rings (SSSR count).